The Bertz CT molecular complexity index is 701. The highest BCUT2D eigenvalue weighted by Gasteiger charge is 2.42. The monoisotopic (exact) mass is 422 g/mol. The van der Waals surface area contributed by atoms with Gasteiger partial charge in [0.05, 0.1) is 16.6 Å². The Morgan fingerprint density at radius 2 is 2.04 bits per heavy atom. The van der Waals surface area contributed by atoms with Gasteiger partial charge in [0.15, 0.2) is 0 Å². The normalized spacial score (nSPS) is 22.5. The molecule has 2 unspecified atom stereocenters. The number of piperidine rings is 1. The number of rotatable bonds is 4. The lowest BCUT2D eigenvalue weighted by molar-refractivity contribution is -0.139. The first-order valence-electron chi connectivity index (χ1n) is 7.22. The van der Waals surface area contributed by atoms with Gasteiger partial charge in [-0.25, -0.2) is 8.42 Å². The van der Waals surface area contributed by atoms with Gasteiger partial charge in [0, 0.05) is 31.3 Å². The van der Waals surface area contributed by atoms with Gasteiger partial charge in [-0.05, 0) is 31.0 Å². The number of ether oxygens (including phenoxy) is 1. The van der Waals surface area contributed by atoms with E-state index in [0.29, 0.717) is 18.9 Å². The Labute approximate surface area is 155 Å². The van der Waals surface area contributed by atoms with E-state index in [4.69, 9.17) is 22.1 Å². The average Bonchev–Trinajstić information content (AvgIpc) is 2.53. The van der Waals surface area contributed by atoms with Crippen molar-refractivity contribution in [2.75, 3.05) is 20.2 Å². The van der Waals surface area contributed by atoms with Crippen LogP contribution in [-0.2, 0) is 20.9 Å². The van der Waals surface area contributed by atoms with Gasteiger partial charge in [-0.1, -0.05) is 11.6 Å². The summed E-state index contributed by atoms with van der Waals surface area (Å²) in [6.45, 7) is 0.0384. The molecule has 0 amide bonds. The Hall–Kier alpha value is -0.580. The molecule has 1 heterocycles. The molecule has 1 saturated heterocycles. The number of sulfonamides is 1. The Kier molecular flexibility index (Phi) is 7.55. The molecular formula is C14H19Cl2F3N2O3S. The van der Waals surface area contributed by atoms with E-state index in [1.807, 2.05) is 0 Å². The fourth-order valence-electron chi connectivity index (χ4n) is 2.81. The maximum Gasteiger partial charge on any atom is 0.417 e. The second-order valence-electron chi connectivity index (χ2n) is 5.53. The smallest absolute Gasteiger partial charge is 0.381 e. The van der Waals surface area contributed by atoms with Crippen LogP contribution >= 0.6 is 24.0 Å². The predicted molar refractivity (Wildman–Crippen MR) is 90.5 cm³/mol. The van der Waals surface area contributed by atoms with Crippen LogP contribution in [0.25, 0.3) is 0 Å². The van der Waals surface area contributed by atoms with Crippen LogP contribution in [-0.4, -0.2) is 45.1 Å². The lowest BCUT2D eigenvalue weighted by Gasteiger charge is -2.37. The summed E-state index contributed by atoms with van der Waals surface area (Å²) in [5.74, 6) is 0. The number of nitrogens with zero attached hydrogens (tertiary/aromatic N) is 1. The fraction of sp³-hybridized carbons (Fsp3) is 0.571. The average molecular weight is 423 g/mol. The molecule has 5 nitrogen and oxygen atoms in total. The van der Waals surface area contributed by atoms with Gasteiger partial charge in [0.1, 0.15) is 0 Å². The van der Waals surface area contributed by atoms with Crippen LogP contribution in [0.5, 0.6) is 0 Å². The quantitative estimate of drug-likeness (QED) is 0.809. The van der Waals surface area contributed by atoms with E-state index in [1.165, 1.54) is 7.11 Å². The topological polar surface area (TPSA) is 72.6 Å². The lowest BCUT2D eigenvalue weighted by atomic mass is 10.0. The molecule has 144 valence electrons. The SMILES string of the molecule is COC1CCN(S(=O)(=O)c2ccc(Cl)cc2C(F)(F)F)C(CN)C1.Cl. The molecule has 25 heavy (non-hydrogen) atoms. The van der Waals surface area contributed by atoms with E-state index in [0.717, 1.165) is 16.4 Å². The zero-order valence-electron chi connectivity index (χ0n) is 13.3. The third-order valence-corrected chi connectivity index (χ3v) is 6.30. The minimum Gasteiger partial charge on any atom is -0.381 e. The molecule has 1 aromatic carbocycles. The molecule has 2 rings (SSSR count). The zero-order valence-corrected chi connectivity index (χ0v) is 15.7. The first kappa shape index (κ1) is 22.5. The Balaban J connectivity index is 0.00000312. The maximum atomic E-state index is 13.2. The van der Waals surface area contributed by atoms with E-state index >= 15 is 0 Å². The third kappa shape index (κ3) is 4.78. The number of methoxy groups -OCH3 is 1. The predicted octanol–water partition coefficient (Wildman–Crippen LogP) is 2.91. The summed E-state index contributed by atoms with van der Waals surface area (Å²) >= 11 is 5.61. The van der Waals surface area contributed by atoms with E-state index in [1.54, 1.807) is 0 Å². The summed E-state index contributed by atoms with van der Waals surface area (Å²) < 4.78 is 71.6. The van der Waals surface area contributed by atoms with E-state index in [9.17, 15) is 21.6 Å². The van der Waals surface area contributed by atoms with Crippen molar-refractivity contribution in [2.45, 2.75) is 36.1 Å². The minimum atomic E-state index is -4.84. The van der Waals surface area contributed by atoms with Gasteiger partial charge < -0.3 is 10.5 Å². The number of nitrogens with two attached hydrogens (primary N) is 1. The van der Waals surface area contributed by atoms with Crippen molar-refractivity contribution in [2.24, 2.45) is 5.73 Å². The molecule has 1 fully saturated rings. The van der Waals surface area contributed by atoms with Crippen molar-refractivity contribution in [1.82, 2.24) is 4.31 Å². The summed E-state index contributed by atoms with van der Waals surface area (Å²) in [5, 5.41) is -0.185. The largest absolute Gasteiger partial charge is 0.417 e. The molecule has 1 aromatic rings. The summed E-state index contributed by atoms with van der Waals surface area (Å²) in [5.41, 5.74) is 4.35. The fourth-order valence-corrected chi connectivity index (χ4v) is 4.84. The summed E-state index contributed by atoms with van der Waals surface area (Å²) in [7, 11) is -2.86. The van der Waals surface area contributed by atoms with Gasteiger partial charge in [0.25, 0.3) is 0 Å². The molecule has 2 atom stereocenters. The van der Waals surface area contributed by atoms with E-state index < -0.39 is 32.7 Å². The third-order valence-electron chi connectivity index (χ3n) is 4.05. The molecule has 0 aromatic heterocycles. The Morgan fingerprint density at radius 3 is 2.56 bits per heavy atom. The van der Waals surface area contributed by atoms with Crippen LogP contribution in [0.15, 0.2) is 23.1 Å². The lowest BCUT2D eigenvalue weighted by Crippen LogP contribution is -2.51. The first-order valence-corrected chi connectivity index (χ1v) is 9.04. The van der Waals surface area contributed by atoms with Gasteiger partial charge >= 0.3 is 6.18 Å². The Morgan fingerprint density at radius 1 is 1.40 bits per heavy atom. The van der Waals surface area contributed by atoms with Crippen LogP contribution in [0.4, 0.5) is 13.2 Å². The molecule has 0 aliphatic carbocycles. The minimum absolute atomic E-state index is 0. The maximum absolute atomic E-state index is 13.2. The summed E-state index contributed by atoms with van der Waals surface area (Å²) in [6.07, 6.45) is -4.28. The van der Waals surface area contributed by atoms with Crippen molar-refractivity contribution < 1.29 is 26.3 Å². The first-order chi connectivity index (χ1) is 11.1. The molecule has 1 aliphatic heterocycles. The van der Waals surface area contributed by atoms with Crippen LogP contribution in [0.3, 0.4) is 0 Å². The highest BCUT2D eigenvalue weighted by atomic mass is 35.5. The highest BCUT2D eigenvalue weighted by molar-refractivity contribution is 7.89. The highest BCUT2D eigenvalue weighted by Crippen LogP contribution is 2.38. The number of hydrogen-bond acceptors (Lipinski definition) is 4. The van der Waals surface area contributed by atoms with Crippen LogP contribution in [0.2, 0.25) is 5.02 Å². The van der Waals surface area contributed by atoms with Gasteiger partial charge in [-0.2, -0.15) is 17.5 Å². The van der Waals surface area contributed by atoms with Gasteiger partial charge in [0.2, 0.25) is 10.0 Å². The zero-order chi connectivity index (χ0) is 18.1. The molecule has 0 saturated carbocycles. The van der Waals surface area contributed by atoms with Crippen molar-refractivity contribution in [1.29, 1.82) is 0 Å². The van der Waals surface area contributed by atoms with Crippen molar-refractivity contribution in [3.05, 3.63) is 28.8 Å². The molecule has 0 radical (unpaired) electrons. The summed E-state index contributed by atoms with van der Waals surface area (Å²) in [4.78, 5) is -0.811. The number of halogens is 5. The van der Waals surface area contributed by atoms with E-state index in [2.05, 4.69) is 0 Å². The van der Waals surface area contributed by atoms with Gasteiger partial charge in [-0.3, -0.25) is 0 Å². The van der Waals surface area contributed by atoms with Crippen LogP contribution in [0, 0.1) is 0 Å². The molecule has 0 spiro atoms. The molecule has 2 N–H and O–H groups in total. The molecule has 1 aliphatic rings. The van der Waals surface area contributed by atoms with E-state index in [-0.39, 0.29) is 36.6 Å². The van der Waals surface area contributed by atoms with Crippen LogP contribution in [0.1, 0.15) is 18.4 Å². The van der Waals surface area contributed by atoms with Crippen molar-refractivity contribution in [3.8, 4) is 0 Å². The van der Waals surface area contributed by atoms with Crippen LogP contribution < -0.4 is 5.73 Å². The second-order valence-corrected chi connectivity index (χ2v) is 7.82. The number of benzene rings is 1. The van der Waals surface area contributed by atoms with Crippen molar-refractivity contribution >= 4 is 34.0 Å². The number of hydrogen-bond donors (Lipinski definition) is 1. The summed E-state index contributed by atoms with van der Waals surface area (Å²) in [6, 6.07) is 2.01. The number of alkyl halides is 3. The molecule has 0 bridgehead atoms. The second kappa shape index (κ2) is 8.41. The molecular weight excluding hydrogens is 404 g/mol. The standard InChI is InChI=1S/C14H18ClF3N2O3S.ClH/c1-23-11-4-5-20(10(7-11)8-19)24(21,22)13-3-2-9(15)6-12(13)14(16,17)18;/h2-3,6,10-11H,4-5,7-8,19H2,1H3;1H. The van der Waals surface area contributed by atoms with Gasteiger partial charge in [-0.15, -0.1) is 12.4 Å². The van der Waals surface area contributed by atoms with Crippen molar-refractivity contribution in [3.63, 3.8) is 0 Å². The molecule has 11 heteroatoms.